The highest BCUT2D eigenvalue weighted by molar-refractivity contribution is 9.09. The second-order valence-electron chi connectivity index (χ2n) is 4.42. The second kappa shape index (κ2) is 6.43. The van der Waals surface area contributed by atoms with E-state index in [1.165, 1.54) is 11.0 Å². The minimum Gasteiger partial charge on any atom is -0.336 e. The van der Waals surface area contributed by atoms with Crippen LogP contribution < -0.4 is 0 Å². The van der Waals surface area contributed by atoms with Crippen molar-refractivity contribution >= 4 is 21.8 Å². The van der Waals surface area contributed by atoms with Gasteiger partial charge in [0.2, 0.25) is 0 Å². The maximum absolute atomic E-state index is 13.5. The van der Waals surface area contributed by atoms with Crippen LogP contribution >= 0.6 is 15.9 Å². The average molecular weight is 333 g/mol. The van der Waals surface area contributed by atoms with Crippen LogP contribution in [-0.2, 0) is 0 Å². The van der Waals surface area contributed by atoms with Gasteiger partial charge in [0.25, 0.3) is 5.91 Å². The molecule has 1 heterocycles. The Morgan fingerprint density at radius 3 is 2.26 bits per heavy atom. The number of hydrogen-bond donors (Lipinski definition) is 0. The molecule has 1 aliphatic heterocycles. The summed E-state index contributed by atoms with van der Waals surface area (Å²) in [6.07, 6.45) is 0. The fraction of sp³-hybridized carbons (Fsp3) is 0.462. The van der Waals surface area contributed by atoms with Gasteiger partial charge in [-0.05, 0) is 12.1 Å². The molecule has 3 nitrogen and oxygen atoms in total. The summed E-state index contributed by atoms with van der Waals surface area (Å²) in [5.74, 6) is -2.16. The number of amides is 1. The summed E-state index contributed by atoms with van der Waals surface area (Å²) in [6, 6.07) is 3.48. The van der Waals surface area contributed by atoms with Crippen molar-refractivity contribution in [2.24, 2.45) is 0 Å². The lowest BCUT2D eigenvalue weighted by molar-refractivity contribution is 0.0635. The highest BCUT2D eigenvalue weighted by Gasteiger charge is 2.26. The first-order chi connectivity index (χ1) is 9.13. The highest BCUT2D eigenvalue weighted by atomic mass is 79.9. The normalized spacial score (nSPS) is 16.7. The van der Waals surface area contributed by atoms with Gasteiger partial charge in [0.1, 0.15) is 17.2 Å². The predicted octanol–water partition coefficient (Wildman–Crippen LogP) is 2.12. The van der Waals surface area contributed by atoms with Crippen molar-refractivity contribution in [2.45, 2.75) is 0 Å². The Morgan fingerprint density at radius 1 is 1.16 bits per heavy atom. The van der Waals surface area contributed by atoms with E-state index in [9.17, 15) is 13.6 Å². The third-order valence-electron chi connectivity index (χ3n) is 3.24. The molecule has 0 aromatic heterocycles. The van der Waals surface area contributed by atoms with Gasteiger partial charge in [0, 0.05) is 38.1 Å². The topological polar surface area (TPSA) is 23.6 Å². The molecule has 0 spiro atoms. The maximum atomic E-state index is 13.5. The first-order valence-corrected chi connectivity index (χ1v) is 7.27. The van der Waals surface area contributed by atoms with Crippen LogP contribution in [0, 0.1) is 11.6 Å². The van der Waals surface area contributed by atoms with E-state index >= 15 is 0 Å². The van der Waals surface area contributed by atoms with Crippen LogP contribution in [0.5, 0.6) is 0 Å². The number of hydrogen-bond acceptors (Lipinski definition) is 2. The number of benzene rings is 1. The molecule has 1 saturated heterocycles. The van der Waals surface area contributed by atoms with Crippen molar-refractivity contribution < 1.29 is 13.6 Å². The van der Waals surface area contributed by atoms with E-state index in [4.69, 9.17) is 0 Å². The molecule has 2 rings (SSSR count). The molecule has 1 fully saturated rings. The first kappa shape index (κ1) is 14.4. The maximum Gasteiger partial charge on any atom is 0.259 e. The minimum atomic E-state index is -0.798. The van der Waals surface area contributed by atoms with Crippen LogP contribution in [0.3, 0.4) is 0 Å². The zero-order chi connectivity index (χ0) is 13.8. The standard InChI is InChI=1S/C13H15BrF2N2O/c14-4-5-17-6-8-18(9-7-17)13(19)12-10(15)2-1-3-11(12)16/h1-3H,4-9H2. The molecule has 19 heavy (non-hydrogen) atoms. The van der Waals surface area contributed by atoms with Crippen LogP contribution in [0.1, 0.15) is 10.4 Å². The van der Waals surface area contributed by atoms with E-state index in [1.807, 2.05) is 0 Å². The van der Waals surface area contributed by atoms with Crippen LogP contribution in [-0.4, -0.2) is 53.8 Å². The van der Waals surface area contributed by atoms with Gasteiger partial charge in [-0.3, -0.25) is 9.69 Å². The number of carbonyl (C=O) groups excluding carboxylic acids is 1. The fourth-order valence-corrected chi connectivity index (χ4v) is 2.66. The van der Waals surface area contributed by atoms with Crippen LogP contribution in [0.15, 0.2) is 18.2 Å². The lowest BCUT2D eigenvalue weighted by Gasteiger charge is -2.34. The zero-order valence-corrected chi connectivity index (χ0v) is 12.0. The van der Waals surface area contributed by atoms with Gasteiger partial charge in [0.05, 0.1) is 0 Å². The predicted molar refractivity (Wildman–Crippen MR) is 72.5 cm³/mol. The molecule has 1 aromatic rings. The summed E-state index contributed by atoms with van der Waals surface area (Å²) in [6.45, 7) is 3.37. The summed E-state index contributed by atoms with van der Waals surface area (Å²) in [4.78, 5) is 15.8. The number of rotatable bonds is 3. The molecule has 0 aliphatic carbocycles. The minimum absolute atomic E-state index is 0.448. The molecular weight excluding hydrogens is 318 g/mol. The summed E-state index contributed by atoms with van der Waals surface area (Å²) < 4.78 is 27.1. The van der Waals surface area contributed by atoms with Crippen molar-refractivity contribution in [3.8, 4) is 0 Å². The van der Waals surface area contributed by atoms with Crippen molar-refractivity contribution in [2.75, 3.05) is 38.1 Å². The molecule has 0 radical (unpaired) electrons. The summed E-state index contributed by atoms with van der Waals surface area (Å²) in [7, 11) is 0. The van der Waals surface area contributed by atoms with Crippen LogP contribution in [0.25, 0.3) is 0 Å². The van der Waals surface area contributed by atoms with Gasteiger partial charge < -0.3 is 4.90 Å². The van der Waals surface area contributed by atoms with Crippen LogP contribution in [0.4, 0.5) is 8.78 Å². The van der Waals surface area contributed by atoms with E-state index in [2.05, 4.69) is 20.8 Å². The molecular formula is C13H15BrF2N2O. The molecule has 0 atom stereocenters. The van der Waals surface area contributed by atoms with E-state index in [0.717, 1.165) is 37.1 Å². The third-order valence-corrected chi connectivity index (χ3v) is 3.59. The number of nitrogens with zero attached hydrogens (tertiary/aromatic N) is 2. The summed E-state index contributed by atoms with van der Waals surface area (Å²) >= 11 is 3.36. The molecule has 0 N–H and O–H groups in total. The van der Waals surface area contributed by atoms with Gasteiger partial charge in [-0.25, -0.2) is 8.78 Å². The molecule has 1 amide bonds. The largest absolute Gasteiger partial charge is 0.336 e. The zero-order valence-electron chi connectivity index (χ0n) is 10.4. The monoisotopic (exact) mass is 332 g/mol. The number of alkyl halides is 1. The molecule has 0 unspecified atom stereocenters. The van der Waals surface area contributed by atoms with E-state index in [-0.39, 0.29) is 0 Å². The Morgan fingerprint density at radius 2 is 1.74 bits per heavy atom. The Bertz CT molecular complexity index is 442. The lowest BCUT2D eigenvalue weighted by atomic mass is 10.1. The summed E-state index contributed by atoms with van der Waals surface area (Å²) in [5, 5.41) is 0.878. The average Bonchev–Trinajstić information content (AvgIpc) is 2.39. The SMILES string of the molecule is O=C(c1c(F)cccc1F)N1CCN(CCBr)CC1. The number of piperazine rings is 1. The second-order valence-corrected chi connectivity index (χ2v) is 5.21. The van der Waals surface area contributed by atoms with Gasteiger partial charge >= 0.3 is 0 Å². The Labute approximate surface area is 119 Å². The van der Waals surface area contributed by atoms with Gasteiger partial charge in [-0.1, -0.05) is 22.0 Å². The molecule has 104 valence electrons. The Hall–Kier alpha value is -1.01. The molecule has 1 aromatic carbocycles. The lowest BCUT2D eigenvalue weighted by Crippen LogP contribution is -2.49. The van der Waals surface area contributed by atoms with E-state index in [1.54, 1.807) is 0 Å². The van der Waals surface area contributed by atoms with Crippen molar-refractivity contribution in [1.29, 1.82) is 0 Å². The molecule has 0 saturated carbocycles. The van der Waals surface area contributed by atoms with Crippen LogP contribution in [0.2, 0.25) is 0 Å². The van der Waals surface area contributed by atoms with Gasteiger partial charge in [-0.15, -0.1) is 0 Å². The highest BCUT2D eigenvalue weighted by Crippen LogP contribution is 2.16. The first-order valence-electron chi connectivity index (χ1n) is 6.15. The number of halogens is 3. The smallest absolute Gasteiger partial charge is 0.259 e. The summed E-state index contributed by atoms with van der Waals surface area (Å²) in [5.41, 5.74) is -0.448. The van der Waals surface area contributed by atoms with E-state index in [0.29, 0.717) is 13.1 Å². The van der Waals surface area contributed by atoms with Crippen molar-refractivity contribution in [3.05, 3.63) is 35.4 Å². The number of carbonyl (C=O) groups is 1. The van der Waals surface area contributed by atoms with Crippen molar-refractivity contribution in [1.82, 2.24) is 9.80 Å². The Kier molecular flexibility index (Phi) is 4.87. The Balaban J connectivity index is 2.05. The van der Waals surface area contributed by atoms with E-state index < -0.39 is 23.1 Å². The molecule has 0 bridgehead atoms. The van der Waals surface area contributed by atoms with Gasteiger partial charge in [0.15, 0.2) is 0 Å². The third kappa shape index (κ3) is 3.30. The fourth-order valence-electron chi connectivity index (χ4n) is 2.15. The quantitative estimate of drug-likeness (QED) is 0.791. The van der Waals surface area contributed by atoms with Gasteiger partial charge in [-0.2, -0.15) is 0 Å². The van der Waals surface area contributed by atoms with Crippen molar-refractivity contribution in [3.63, 3.8) is 0 Å². The molecule has 1 aliphatic rings. The molecule has 6 heteroatoms.